The van der Waals surface area contributed by atoms with Crippen molar-refractivity contribution in [3.8, 4) is 0 Å². The standard InChI is InChI=1S/C12H13N5O2/c1-7(10(18)19-2)13-11-15-12-14-8-5-3-4-6-9(8)17(12)16-11/h3-7H,1-2H3,(H2,13,14,15,16). The molecule has 3 rings (SSSR count). The fourth-order valence-corrected chi connectivity index (χ4v) is 1.93. The molecule has 7 heteroatoms. The highest BCUT2D eigenvalue weighted by Gasteiger charge is 2.15. The van der Waals surface area contributed by atoms with Crippen molar-refractivity contribution in [3.63, 3.8) is 0 Å². The molecule has 1 atom stereocenters. The molecular weight excluding hydrogens is 246 g/mol. The van der Waals surface area contributed by atoms with Crippen molar-refractivity contribution in [2.24, 2.45) is 0 Å². The molecule has 3 aromatic rings. The van der Waals surface area contributed by atoms with Gasteiger partial charge in [-0.2, -0.15) is 4.98 Å². The second kappa shape index (κ2) is 4.27. The zero-order valence-corrected chi connectivity index (χ0v) is 10.5. The second-order valence-corrected chi connectivity index (χ2v) is 4.20. The Balaban J connectivity index is 1.96. The van der Waals surface area contributed by atoms with Gasteiger partial charge in [0.1, 0.15) is 6.04 Å². The van der Waals surface area contributed by atoms with E-state index in [4.69, 9.17) is 0 Å². The molecule has 1 aromatic carbocycles. The van der Waals surface area contributed by atoms with Crippen molar-refractivity contribution in [2.75, 3.05) is 12.4 Å². The van der Waals surface area contributed by atoms with E-state index < -0.39 is 6.04 Å². The summed E-state index contributed by atoms with van der Waals surface area (Å²) >= 11 is 0. The zero-order valence-electron chi connectivity index (χ0n) is 10.5. The first kappa shape index (κ1) is 11.5. The Bertz CT molecular complexity index is 745. The average molecular weight is 259 g/mol. The Kier molecular flexibility index (Phi) is 2.59. The lowest BCUT2D eigenvalue weighted by molar-refractivity contribution is -0.141. The van der Waals surface area contributed by atoms with Crippen LogP contribution in [-0.4, -0.2) is 38.7 Å². The molecular formula is C12H13N5O2. The predicted molar refractivity (Wildman–Crippen MR) is 69.9 cm³/mol. The number of carbonyl (C=O) groups excluding carboxylic acids is 1. The summed E-state index contributed by atoms with van der Waals surface area (Å²) in [6, 6.07) is 7.24. The van der Waals surface area contributed by atoms with Crippen LogP contribution in [0.3, 0.4) is 0 Å². The molecule has 19 heavy (non-hydrogen) atoms. The van der Waals surface area contributed by atoms with Crippen LogP contribution < -0.4 is 5.32 Å². The number of methoxy groups -OCH3 is 1. The third-order valence-electron chi connectivity index (χ3n) is 2.88. The lowest BCUT2D eigenvalue weighted by atomic mass is 10.3. The number of benzene rings is 1. The summed E-state index contributed by atoms with van der Waals surface area (Å²) < 4.78 is 6.41. The van der Waals surface area contributed by atoms with Crippen LogP contribution in [-0.2, 0) is 9.53 Å². The van der Waals surface area contributed by atoms with E-state index in [2.05, 4.69) is 25.1 Å². The number of anilines is 1. The maximum atomic E-state index is 11.3. The summed E-state index contributed by atoms with van der Waals surface area (Å²) in [5.74, 6) is 0.686. The summed E-state index contributed by atoms with van der Waals surface area (Å²) in [7, 11) is 1.35. The van der Waals surface area contributed by atoms with E-state index in [9.17, 15) is 4.79 Å². The highest BCUT2D eigenvalue weighted by atomic mass is 16.5. The SMILES string of the molecule is COC(=O)C(C)Nc1nc2nc3ccccc3n2[nH]1. The van der Waals surface area contributed by atoms with E-state index in [-0.39, 0.29) is 5.97 Å². The number of aromatic amines is 1. The normalized spacial score (nSPS) is 12.7. The molecule has 98 valence electrons. The van der Waals surface area contributed by atoms with Gasteiger partial charge in [-0.25, -0.2) is 14.3 Å². The van der Waals surface area contributed by atoms with Gasteiger partial charge in [0.25, 0.3) is 5.78 Å². The van der Waals surface area contributed by atoms with Gasteiger partial charge >= 0.3 is 5.97 Å². The van der Waals surface area contributed by atoms with Gasteiger partial charge in [-0.15, -0.1) is 0 Å². The van der Waals surface area contributed by atoms with E-state index in [1.807, 2.05) is 24.3 Å². The third-order valence-corrected chi connectivity index (χ3v) is 2.88. The van der Waals surface area contributed by atoms with E-state index >= 15 is 0 Å². The first-order valence-electron chi connectivity index (χ1n) is 5.86. The van der Waals surface area contributed by atoms with E-state index in [1.54, 1.807) is 11.4 Å². The summed E-state index contributed by atoms with van der Waals surface area (Å²) in [5, 5.41) is 5.98. The largest absolute Gasteiger partial charge is 0.467 e. The predicted octanol–water partition coefficient (Wildman–Crippen LogP) is 1.18. The molecule has 0 amide bonds. The fraction of sp³-hybridized carbons (Fsp3) is 0.250. The van der Waals surface area contributed by atoms with Gasteiger partial charge in [-0.3, -0.25) is 5.10 Å². The fourth-order valence-electron chi connectivity index (χ4n) is 1.93. The number of ether oxygens (including phenoxy) is 1. The summed E-state index contributed by atoms with van der Waals surface area (Å²) in [4.78, 5) is 20.0. The number of imidazole rings is 1. The van der Waals surface area contributed by atoms with Gasteiger partial charge < -0.3 is 10.1 Å². The Morgan fingerprint density at radius 2 is 2.21 bits per heavy atom. The van der Waals surface area contributed by atoms with Gasteiger partial charge in [0.2, 0.25) is 5.95 Å². The number of nitrogens with zero attached hydrogens (tertiary/aromatic N) is 3. The van der Waals surface area contributed by atoms with Crippen LogP contribution in [0.1, 0.15) is 6.92 Å². The van der Waals surface area contributed by atoms with Gasteiger partial charge in [0, 0.05) is 0 Å². The van der Waals surface area contributed by atoms with Gasteiger partial charge in [0.15, 0.2) is 0 Å². The number of fused-ring (bicyclic) bond motifs is 3. The van der Waals surface area contributed by atoms with Crippen LogP contribution in [0.4, 0.5) is 5.95 Å². The van der Waals surface area contributed by atoms with Gasteiger partial charge in [-0.05, 0) is 19.1 Å². The summed E-state index contributed by atoms with van der Waals surface area (Å²) in [6.07, 6.45) is 0. The number of aromatic nitrogens is 4. The highest BCUT2D eigenvalue weighted by Crippen LogP contribution is 2.16. The molecule has 0 saturated carbocycles. The summed E-state index contributed by atoms with van der Waals surface area (Å²) in [6.45, 7) is 1.70. The number of nitrogens with one attached hydrogen (secondary N) is 2. The minimum atomic E-state index is -0.480. The van der Waals surface area contributed by atoms with Crippen LogP contribution in [0.25, 0.3) is 16.8 Å². The molecule has 2 N–H and O–H groups in total. The van der Waals surface area contributed by atoms with Crippen molar-refractivity contribution in [3.05, 3.63) is 24.3 Å². The second-order valence-electron chi connectivity index (χ2n) is 4.20. The maximum Gasteiger partial charge on any atom is 0.328 e. The summed E-state index contributed by atoms with van der Waals surface area (Å²) in [5.41, 5.74) is 1.80. The molecule has 0 bridgehead atoms. The monoisotopic (exact) mass is 259 g/mol. The Labute approximate surface area is 108 Å². The highest BCUT2D eigenvalue weighted by molar-refractivity contribution is 5.80. The molecule has 0 aliphatic heterocycles. The van der Waals surface area contributed by atoms with E-state index in [1.165, 1.54) is 7.11 Å². The zero-order chi connectivity index (χ0) is 13.4. The molecule has 0 radical (unpaired) electrons. The number of para-hydroxylation sites is 2. The first-order chi connectivity index (χ1) is 9.19. The van der Waals surface area contributed by atoms with Crippen molar-refractivity contribution in [1.82, 2.24) is 19.6 Å². The number of hydrogen-bond acceptors (Lipinski definition) is 5. The van der Waals surface area contributed by atoms with Gasteiger partial charge in [-0.1, -0.05) is 12.1 Å². The van der Waals surface area contributed by atoms with Gasteiger partial charge in [0.05, 0.1) is 18.1 Å². The Morgan fingerprint density at radius 3 is 3.00 bits per heavy atom. The first-order valence-corrected chi connectivity index (χ1v) is 5.86. The van der Waals surface area contributed by atoms with E-state index in [0.717, 1.165) is 11.0 Å². The number of esters is 1. The minimum Gasteiger partial charge on any atom is -0.467 e. The molecule has 0 spiro atoms. The lowest BCUT2D eigenvalue weighted by Crippen LogP contribution is -2.27. The topological polar surface area (TPSA) is 84.3 Å². The molecule has 1 unspecified atom stereocenters. The van der Waals surface area contributed by atoms with Crippen molar-refractivity contribution in [1.29, 1.82) is 0 Å². The molecule has 0 aliphatic carbocycles. The molecule has 2 heterocycles. The third kappa shape index (κ3) is 1.88. The number of rotatable bonds is 3. The molecule has 7 nitrogen and oxygen atoms in total. The average Bonchev–Trinajstić information content (AvgIpc) is 2.94. The van der Waals surface area contributed by atoms with E-state index in [0.29, 0.717) is 11.7 Å². The van der Waals surface area contributed by atoms with Crippen LogP contribution in [0.5, 0.6) is 0 Å². The molecule has 0 fully saturated rings. The molecule has 0 saturated heterocycles. The number of hydrogen-bond donors (Lipinski definition) is 2. The maximum absolute atomic E-state index is 11.3. The minimum absolute atomic E-state index is 0.348. The Morgan fingerprint density at radius 1 is 1.42 bits per heavy atom. The number of carbonyl (C=O) groups is 1. The van der Waals surface area contributed by atoms with Crippen molar-refractivity contribution >= 4 is 28.7 Å². The van der Waals surface area contributed by atoms with Crippen LogP contribution in [0, 0.1) is 0 Å². The van der Waals surface area contributed by atoms with Crippen LogP contribution in [0.15, 0.2) is 24.3 Å². The van der Waals surface area contributed by atoms with Crippen molar-refractivity contribution < 1.29 is 9.53 Å². The molecule has 0 aliphatic rings. The van der Waals surface area contributed by atoms with Crippen LogP contribution in [0.2, 0.25) is 0 Å². The lowest BCUT2D eigenvalue weighted by Gasteiger charge is -2.09. The molecule has 2 aromatic heterocycles. The quantitative estimate of drug-likeness (QED) is 0.690. The van der Waals surface area contributed by atoms with Crippen molar-refractivity contribution in [2.45, 2.75) is 13.0 Å². The number of H-pyrrole nitrogens is 1. The van der Waals surface area contributed by atoms with Crippen LogP contribution >= 0.6 is 0 Å². The smallest absolute Gasteiger partial charge is 0.328 e. The Hall–Kier alpha value is -2.57.